The summed E-state index contributed by atoms with van der Waals surface area (Å²) in [6, 6.07) is 0. The first-order chi connectivity index (χ1) is 6.84. The highest BCUT2D eigenvalue weighted by atomic mass is 16.1. The molecule has 0 atom stereocenters. The van der Waals surface area contributed by atoms with Gasteiger partial charge in [0.15, 0.2) is 0 Å². The van der Waals surface area contributed by atoms with E-state index in [9.17, 15) is 4.79 Å². The lowest BCUT2D eigenvalue weighted by molar-refractivity contribution is -0.120. The summed E-state index contributed by atoms with van der Waals surface area (Å²) in [5, 5.41) is 3.34. The number of hydrogen-bond donors (Lipinski definition) is 1. The van der Waals surface area contributed by atoms with Gasteiger partial charge in [0.25, 0.3) is 0 Å². The summed E-state index contributed by atoms with van der Waals surface area (Å²) in [5.41, 5.74) is 0. The molecule has 0 aromatic heterocycles. The Balaban J connectivity index is 1.59. The molecule has 2 aliphatic rings. The minimum atomic E-state index is 0.517. The van der Waals surface area contributed by atoms with Crippen LogP contribution >= 0.6 is 0 Å². The Kier molecular flexibility index (Phi) is 3.57. The molecule has 0 amide bonds. The zero-order chi connectivity index (χ0) is 9.80. The Labute approximate surface area is 86.5 Å². The molecule has 2 heteroatoms. The summed E-state index contributed by atoms with van der Waals surface area (Å²) < 4.78 is 0. The van der Waals surface area contributed by atoms with Crippen LogP contribution in [-0.2, 0) is 4.79 Å². The van der Waals surface area contributed by atoms with Crippen LogP contribution in [-0.4, -0.2) is 18.9 Å². The van der Waals surface area contributed by atoms with Crippen molar-refractivity contribution < 1.29 is 4.79 Å². The molecule has 1 aliphatic heterocycles. The summed E-state index contributed by atoms with van der Waals surface area (Å²) in [5.74, 6) is 2.11. The summed E-state index contributed by atoms with van der Waals surface area (Å²) in [6.45, 7) is 2.22. The van der Waals surface area contributed by atoms with Gasteiger partial charge in [-0.25, -0.2) is 0 Å². The van der Waals surface area contributed by atoms with E-state index in [0.717, 1.165) is 31.8 Å². The molecule has 0 unspecified atom stereocenters. The van der Waals surface area contributed by atoms with Crippen molar-refractivity contribution >= 4 is 5.78 Å². The van der Waals surface area contributed by atoms with Crippen molar-refractivity contribution in [2.24, 2.45) is 11.8 Å². The number of ketones is 1. The van der Waals surface area contributed by atoms with Gasteiger partial charge >= 0.3 is 0 Å². The van der Waals surface area contributed by atoms with Crippen molar-refractivity contribution in [2.75, 3.05) is 13.1 Å². The smallest absolute Gasteiger partial charge is 0.133 e. The van der Waals surface area contributed by atoms with Crippen LogP contribution in [0.4, 0.5) is 0 Å². The van der Waals surface area contributed by atoms with E-state index in [1.165, 1.54) is 32.1 Å². The zero-order valence-corrected chi connectivity index (χ0v) is 8.93. The van der Waals surface area contributed by atoms with Crippen molar-refractivity contribution in [3.63, 3.8) is 0 Å². The van der Waals surface area contributed by atoms with Gasteiger partial charge in [0.1, 0.15) is 5.78 Å². The van der Waals surface area contributed by atoms with Gasteiger partial charge in [-0.15, -0.1) is 0 Å². The van der Waals surface area contributed by atoms with Crippen molar-refractivity contribution in [1.29, 1.82) is 0 Å². The number of rotatable bonds is 5. The monoisotopic (exact) mass is 195 g/mol. The highest BCUT2D eigenvalue weighted by Crippen LogP contribution is 2.33. The van der Waals surface area contributed by atoms with Gasteiger partial charge < -0.3 is 5.32 Å². The van der Waals surface area contributed by atoms with E-state index in [2.05, 4.69) is 5.32 Å². The predicted octanol–water partition coefficient (Wildman–Crippen LogP) is 2.14. The minimum absolute atomic E-state index is 0.517. The molecule has 0 radical (unpaired) electrons. The third-order valence-electron chi connectivity index (χ3n) is 3.50. The third-order valence-corrected chi connectivity index (χ3v) is 3.50. The first-order valence-electron chi connectivity index (χ1n) is 6.07. The second-order valence-electron chi connectivity index (χ2n) is 4.92. The summed E-state index contributed by atoms with van der Waals surface area (Å²) in [7, 11) is 0. The van der Waals surface area contributed by atoms with Crippen LogP contribution in [0.15, 0.2) is 0 Å². The third kappa shape index (κ3) is 3.41. The molecule has 2 rings (SSSR count). The average Bonchev–Trinajstić information content (AvgIpc) is 3.00. The van der Waals surface area contributed by atoms with E-state index in [1.54, 1.807) is 0 Å². The molecule has 14 heavy (non-hydrogen) atoms. The average molecular weight is 195 g/mol. The van der Waals surface area contributed by atoms with Gasteiger partial charge in [0.05, 0.1) is 0 Å². The molecule has 0 spiro atoms. The molecule has 1 saturated heterocycles. The summed E-state index contributed by atoms with van der Waals surface area (Å²) in [6.07, 6.45) is 8.04. The van der Waals surface area contributed by atoms with Crippen molar-refractivity contribution in [2.45, 2.75) is 44.9 Å². The first-order valence-corrected chi connectivity index (χ1v) is 6.07. The van der Waals surface area contributed by atoms with Crippen LogP contribution in [0.3, 0.4) is 0 Å². The fraction of sp³-hybridized carbons (Fsp3) is 0.917. The maximum atomic E-state index is 11.6. The maximum Gasteiger partial charge on any atom is 0.133 e. The molecule has 0 aromatic carbocycles. The van der Waals surface area contributed by atoms with Crippen LogP contribution in [0.2, 0.25) is 0 Å². The minimum Gasteiger partial charge on any atom is -0.317 e. The molecule has 1 aliphatic carbocycles. The lowest BCUT2D eigenvalue weighted by atomic mass is 9.91. The van der Waals surface area contributed by atoms with Gasteiger partial charge in [-0.2, -0.15) is 0 Å². The van der Waals surface area contributed by atoms with E-state index >= 15 is 0 Å². The summed E-state index contributed by atoms with van der Waals surface area (Å²) >= 11 is 0. The number of carbonyl (C=O) groups excluding carboxylic acids is 1. The van der Waals surface area contributed by atoms with Crippen LogP contribution in [0, 0.1) is 11.8 Å². The Morgan fingerprint density at radius 1 is 1.07 bits per heavy atom. The van der Waals surface area contributed by atoms with Crippen LogP contribution in [0.1, 0.15) is 44.9 Å². The van der Waals surface area contributed by atoms with Gasteiger partial charge in [-0.3, -0.25) is 4.79 Å². The Morgan fingerprint density at radius 3 is 2.43 bits per heavy atom. The molecular formula is C12H21NO. The van der Waals surface area contributed by atoms with Gasteiger partial charge in [-0.05, 0) is 44.2 Å². The lowest BCUT2D eigenvalue weighted by Crippen LogP contribution is -2.28. The molecule has 0 aromatic rings. The van der Waals surface area contributed by atoms with Crippen molar-refractivity contribution in [1.82, 2.24) is 5.32 Å². The van der Waals surface area contributed by atoms with E-state index in [4.69, 9.17) is 0 Å². The highest BCUT2D eigenvalue weighted by molar-refractivity contribution is 5.78. The molecular weight excluding hydrogens is 174 g/mol. The number of hydrogen-bond acceptors (Lipinski definition) is 2. The van der Waals surface area contributed by atoms with E-state index in [0.29, 0.717) is 11.7 Å². The van der Waals surface area contributed by atoms with E-state index in [1.807, 2.05) is 0 Å². The maximum absolute atomic E-state index is 11.6. The normalized spacial score (nSPS) is 23.7. The standard InChI is InChI=1S/C12H21NO/c14-12(4-3-10-1-2-10)9-11-5-7-13-8-6-11/h10-11,13H,1-9H2. The summed E-state index contributed by atoms with van der Waals surface area (Å²) in [4.78, 5) is 11.6. The van der Waals surface area contributed by atoms with Crippen molar-refractivity contribution in [3.05, 3.63) is 0 Å². The molecule has 0 bridgehead atoms. The van der Waals surface area contributed by atoms with Gasteiger partial charge in [0.2, 0.25) is 0 Å². The topological polar surface area (TPSA) is 29.1 Å². The Morgan fingerprint density at radius 2 is 1.79 bits per heavy atom. The fourth-order valence-electron chi connectivity index (χ4n) is 2.28. The Hall–Kier alpha value is -0.370. The van der Waals surface area contributed by atoms with E-state index in [-0.39, 0.29) is 0 Å². The molecule has 2 fully saturated rings. The second-order valence-corrected chi connectivity index (χ2v) is 4.92. The molecule has 1 heterocycles. The Bertz CT molecular complexity index is 192. The molecule has 1 N–H and O–H groups in total. The van der Waals surface area contributed by atoms with E-state index < -0.39 is 0 Å². The van der Waals surface area contributed by atoms with Crippen LogP contribution in [0.5, 0.6) is 0 Å². The number of nitrogens with one attached hydrogen (secondary N) is 1. The predicted molar refractivity (Wildman–Crippen MR) is 57.2 cm³/mol. The zero-order valence-electron chi connectivity index (χ0n) is 8.93. The van der Waals surface area contributed by atoms with Gasteiger partial charge in [0, 0.05) is 12.8 Å². The number of Topliss-reactive ketones (excluding diaryl/α,β-unsaturated/α-hetero) is 1. The van der Waals surface area contributed by atoms with Gasteiger partial charge in [-0.1, -0.05) is 12.8 Å². The largest absolute Gasteiger partial charge is 0.317 e. The fourth-order valence-corrected chi connectivity index (χ4v) is 2.28. The lowest BCUT2D eigenvalue weighted by Gasteiger charge is -2.21. The van der Waals surface area contributed by atoms with Crippen LogP contribution in [0.25, 0.3) is 0 Å². The number of carbonyl (C=O) groups is 1. The van der Waals surface area contributed by atoms with Crippen LogP contribution < -0.4 is 5.32 Å². The number of piperidine rings is 1. The SMILES string of the molecule is O=C(CCC1CC1)CC1CCNCC1. The molecule has 1 saturated carbocycles. The molecule has 80 valence electrons. The second kappa shape index (κ2) is 4.92. The highest BCUT2D eigenvalue weighted by Gasteiger charge is 2.23. The quantitative estimate of drug-likeness (QED) is 0.728. The molecule has 2 nitrogen and oxygen atoms in total. The first kappa shape index (κ1) is 10.2. The van der Waals surface area contributed by atoms with Crippen molar-refractivity contribution in [3.8, 4) is 0 Å².